The first-order valence-corrected chi connectivity index (χ1v) is 6.58. The van der Waals surface area contributed by atoms with Crippen LogP contribution < -0.4 is 5.73 Å². The van der Waals surface area contributed by atoms with Crippen LogP contribution >= 0.6 is 23.2 Å². The fourth-order valence-corrected chi connectivity index (χ4v) is 1.58. The summed E-state index contributed by atoms with van der Waals surface area (Å²) in [6.07, 6.45) is 2.66. The van der Waals surface area contributed by atoms with Crippen LogP contribution in [0.5, 0.6) is 5.75 Å². The van der Waals surface area contributed by atoms with E-state index >= 15 is 0 Å². The molecule has 0 spiro atoms. The zero-order valence-electron chi connectivity index (χ0n) is 12.3. The SMILES string of the molecule is CC(=O)O.N=Cc1cc(Cl)cc(Cl)c1O.Nc1ccccn1.[Zn]. The fourth-order valence-electron chi connectivity index (χ4n) is 1.07. The molecule has 0 saturated heterocycles. The van der Waals surface area contributed by atoms with Crippen molar-refractivity contribution < 1.29 is 34.5 Å². The summed E-state index contributed by atoms with van der Waals surface area (Å²) in [4.78, 5) is 12.8. The van der Waals surface area contributed by atoms with Gasteiger partial charge >= 0.3 is 0 Å². The van der Waals surface area contributed by atoms with E-state index in [0.29, 0.717) is 16.4 Å². The van der Waals surface area contributed by atoms with Gasteiger partial charge in [0.05, 0.1) is 5.02 Å². The van der Waals surface area contributed by atoms with Gasteiger partial charge in [0.25, 0.3) is 5.97 Å². The van der Waals surface area contributed by atoms with Gasteiger partial charge in [-0.3, -0.25) is 4.79 Å². The van der Waals surface area contributed by atoms with Crippen LogP contribution in [0.15, 0.2) is 36.5 Å². The summed E-state index contributed by atoms with van der Waals surface area (Å²) in [6, 6.07) is 8.32. The number of pyridine rings is 1. The maximum Gasteiger partial charge on any atom is 0.300 e. The van der Waals surface area contributed by atoms with E-state index in [2.05, 4.69) is 4.98 Å². The molecule has 9 heteroatoms. The molecule has 0 aliphatic heterocycles. The molecule has 0 bridgehead atoms. The van der Waals surface area contributed by atoms with Crippen LogP contribution in [-0.4, -0.2) is 27.4 Å². The summed E-state index contributed by atoms with van der Waals surface area (Å²) in [6.45, 7) is 1.08. The van der Waals surface area contributed by atoms with E-state index < -0.39 is 5.97 Å². The van der Waals surface area contributed by atoms with E-state index in [4.69, 9.17) is 44.2 Å². The van der Waals surface area contributed by atoms with Crippen molar-refractivity contribution >= 4 is 41.2 Å². The number of rotatable bonds is 1. The van der Waals surface area contributed by atoms with Gasteiger partial charge in [-0.25, -0.2) is 4.98 Å². The van der Waals surface area contributed by atoms with Crippen LogP contribution in [0.1, 0.15) is 12.5 Å². The number of nitrogens with zero attached hydrogens (tertiary/aromatic N) is 1. The molecule has 1 aromatic carbocycles. The molecule has 5 N–H and O–H groups in total. The number of phenols is 1. The summed E-state index contributed by atoms with van der Waals surface area (Å²) in [5.41, 5.74) is 5.57. The first kappa shape index (κ1) is 23.6. The number of carbonyl (C=O) groups is 1. The van der Waals surface area contributed by atoms with E-state index in [9.17, 15) is 5.11 Å². The molecular formula is C14H15Cl2N3O3Zn. The molecule has 2 rings (SSSR count). The average molecular weight is 410 g/mol. The van der Waals surface area contributed by atoms with Crippen molar-refractivity contribution in [2.24, 2.45) is 0 Å². The Bertz CT molecular complexity index is 624. The Labute approximate surface area is 156 Å². The number of halogens is 2. The van der Waals surface area contributed by atoms with Gasteiger partial charge in [-0.2, -0.15) is 0 Å². The molecule has 1 heterocycles. The molecule has 0 fully saturated rings. The molecular weight excluding hydrogens is 394 g/mol. The smallest absolute Gasteiger partial charge is 0.300 e. The van der Waals surface area contributed by atoms with Crippen LogP contribution in [0, 0.1) is 5.41 Å². The second-order valence-electron chi connectivity index (χ2n) is 3.74. The van der Waals surface area contributed by atoms with Crippen molar-refractivity contribution in [1.82, 2.24) is 4.98 Å². The predicted molar refractivity (Wildman–Crippen MR) is 88.0 cm³/mol. The molecule has 0 amide bonds. The third-order valence-corrected chi connectivity index (χ3v) is 2.41. The zero-order chi connectivity index (χ0) is 17.1. The minimum Gasteiger partial charge on any atom is -0.506 e. The molecule has 2 aromatic rings. The number of nitrogens with one attached hydrogen (secondary N) is 1. The van der Waals surface area contributed by atoms with E-state index in [-0.39, 0.29) is 30.3 Å². The number of aromatic nitrogens is 1. The quantitative estimate of drug-likeness (QED) is 0.425. The molecule has 0 saturated carbocycles. The van der Waals surface area contributed by atoms with Crippen LogP contribution in [0.25, 0.3) is 0 Å². The number of nitrogen functional groups attached to an aromatic ring is 1. The zero-order valence-corrected chi connectivity index (χ0v) is 16.8. The monoisotopic (exact) mass is 407 g/mol. The maximum absolute atomic E-state index is 9.18. The number of hydrogen-bond acceptors (Lipinski definition) is 5. The minimum absolute atomic E-state index is 0. The number of phenolic OH excluding ortho intramolecular Hbond substituents is 1. The van der Waals surface area contributed by atoms with E-state index in [0.717, 1.165) is 13.1 Å². The van der Waals surface area contributed by atoms with Gasteiger partial charge < -0.3 is 21.4 Å². The Kier molecular flexibility index (Phi) is 13.1. The Morgan fingerprint density at radius 3 is 2.26 bits per heavy atom. The molecule has 0 atom stereocenters. The standard InChI is InChI=1S/C7H5Cl2NO.C5H6N2.C2H4O2.Zn/c8-5-1-4(3-10)7(11)6(9)2-5;6-5-3-1-2-4-7-5;1-2(3)4;/h1-3,10-11H;1-4H,(H2,6,7);1H3,(H,3,4);. The Balaban J connectivity index is 0. The minimum atomic E-state index is -0.833. The van der Waals surface area contributed by atoms with Crippen molar-refractivity contribution in [3.63, 3.8) is 0 Å². The summed E-state index contributed by atoms with van der Waals surface area (Å²) in [5.74, 6) is -0.367. The molecule has 0 aliphatic rings. The molecule has 0 radical (unpaired) electrons. The summed E-state index contributed by atoms with van der Waals surface area (Å²) in [7, 11) is 0. The van der Waals surface area contributed by atoms with Crippen LogP contribution in [0.3, 0.4) is 0 Å². The number of anilines is 1. The molecule has 23 heavy (non-hydrogen) atoms. The second kappa shape index (κ2) is 12.8. The van der Waals surface area contributed by atoms with E-state index in [1.807, 2.05) is 12.1 Å². The Hall–Kier alpha value is -1.69. The van der Waals surface area contributed by atoms with E-state index in [1.165, 1.54) is 12.1 Å². The average Bonchev–Trinajstić information content (AvgIpc) is 2.43. The van der Waals surface area contributed by atoms with Crippen molar-refractivity contribution in [1.29, 1.82) is 5.41 Å². The van der Waals surface area contributed by atoms with Crippen LogP contribution in [0.4, 0.5) is 5.82 Å². The van der Waals surface area contributed by atoms with Crippen molar-refractivity contribution in [3.8, 4) is 5.75 Å². The Morgan fingerprint density at radius 2 is 1.91 bits per heavy atom. The van der Waals surface area contributed by atoms with Crippen LogP contribution in [-0.2, 0) is 24.3 Å². The van der Waals surface area contributed by atoms with Crippen molar-refractivity contribution in [2.75, 3.05) is 5.73 Å². The van der Waals surface area contributed by atoms with Gasteiger partial charge in [0.2, 0.25) is 0 Å². The maximum atomic E-state index is 9.18. The Morgan fingerprint density at radius 1 is 1.35 bits per heavy atom. The number of hydrogen-bond donors (Lipinski definition) is 4. The molecule has 0 unspecified atom stereocenters. The van der Waals surface area contributed by atoms with E-state index in [1.54, 1.807) is 12.3 Å². The van der Waals surface area contributed by atoms with Crippen molar-refractivity contribution in [2.45, 2.75) is 6.92 Å². The van der Waals surface area contributed by atoms with Crippen LogP contribution in [0.2, 0.25) is 10.0 Å². The van der Waals surface area contributed by atoms with Gasteiger partial charge in [0.1, 0.15) is 11.6 Å². The number of carboxylic acid groups (broad SMARTS) is 1. The van der Waals surface area contributed by atoms with Gasteiger partial charge in [-0.05, 0) is 24.3 Å². The van der Waals surface area contributed by atoms with Gasteiger partial charge in [-0.1, -0.05) is 29.3 Å². The largest absolute Gasteiger partial charge is 0.506 e. The molecule has 0 aliphatic carbocycles. The predicted octanol–water partition coefficient (Wildman–Crippen LogP) is 3.45. The third-order valence-electron chi connectivity index (χ3n) is 1.90. The number of nitrogens with two attached hydrogens (primary N) is 1. The topological polar surface area (TPSA) is 120 Å². The number of aliphatic carboxylic acids is 1. The number of aromatic hydroxyl groups is 1. The normalized spacial score (nSPS) is 8.30. The number of carboxylic acids is 1. The van der Waals surface area contributed by atoms with Gasteiger partial charge in [-0.15, -0.1) is 0 Å². The summed E-state index contributed by atoms with van der Waals surface area (Å²) >= 11 is 11.2. The first-order chi connectivity index (χ1) is 10.3. The molecule has 120 valence electrons. The third kappa shape index (κ3) is 11.5. The van der Waals surface area contributed by atoms with Gasteiger partial charge in [0, 0.05) is 49.4 Å². The molecule has 6 nitrogen and oxygen atoms in total. The number of benzene rings is 1. The van der Waals surface area contributed by atoms with Gasteiger partial charge in [0.15, 0.2) is 0 Å². The first-order valence-electron chi connectivity index (χ1n) is 5.82. The fraction of sp³-hybridized carbons (Fsp3) is 0.0714. The summed E-state index contributed by atoms with van der Waals surface area (Å²) in [5, 5.41) is 24.0. The molecule has 1 aromatic heterocycles. The van der Waals surface area contributed by atoms with Crippen molar-refractivity contribution in [3.05, 3.63) is 52.1 Å². The second-order valence-corrected chi connectivity index (χ2v) is 4.59. The summed E-state index contributed by atoms with van der Waals surface area (Å²) < 4.78 is 0.